The van der Waals surface area contributed by atoms with E-state index in [1.165, 1.54) is 12.8 Å². The fraction of sp³-hybridized carbons (Fsp3) is 1.00. The molecule has 1 fully saturated rings. The Morgan fingerprint density at radius 2 is 2.09 bits per heavy atom. The van der Waals surface area contributed by atoms with Gasteiger partial charge in [-0.25, -0.2) is 0 Å². The summed E-state index contributed by atoms with van der Waals surface area (Å²) in [5.41, 5.74) is 0.0973. The first kappa shape index (κ1) is 9.01. The molecule has 0 aromatic rings. The van der Waals surface area contributed by atoms with Crippen LogP contribution in [0.5, 0.6) is 0 Å². The Morgan fingerprint density at radius 3 is 2.27 bits per heavy atom. The minimum absolute atomic E-state index is 0.0973. The van der Waals surface area contributed by atoms with E-state index in [-0.39, 0.29) is 5.54 Å². The highest BCUT2D eigenvalue weighted by Crippen LogP contribution is 2.37. The molecule has 2 heteroatoms. The molecule has 2 unspecified atom stereocenters. The lowest BCUT2D eigenvalue weighted by Crippen LogP contribution is -2.39. The third-order valence-corrected chi connectivity index (χ3v) is 3.03. The molecule has 1 rings (SSSR count). The lowest BCUT2D eigenvalue weighted by molar-refractivity contribution is -0.162. The van der Waals surface area contributed by atoms with Crippen molar-refractivity contribution in [1.29, 1.82) is 0 Å². The van der Waals surface area contributed by atoms with Gasteiger partial charge < -0.3 is 5.21 Å². The van der Waals surface area contributed by atoms with E-state index in [4.69, 9.17) is 5.21 Å². The molecule has 0 saturated carbocycles. The van der Waals surface area contributed by atoms with Crippen molar-refractivity contribution in [2.75, 3.05) is 0 Å². The summed E-state index contributed by atoms with van der Waals surface area (Å²) in [6, 6.07) is 0.440. The summed E-state index contributed by atoms with van der Waals surface area (Å²) in [4.78, 5) is 0. The normalized spacial score (nSPS) is 37.9. The second-order valence-electron chi connectivity index (χ2n) is 4.30. The Morgan fingerprint density at radius 1 is 1.55 bits per heavy atom. The lowest BCUT2D eigenvalue weighted by Gasteiger charge is -2.22. The summed E-state index contributed by atoms with van der Waals surface area (Å²) < 4.78 is 0. The van der Waals surface area contributed by atoms with Crippen molar-refractivity contribution in [1.82, 2.24) is 5.06 Å². The Bertz CT molecular complexity index is 144. The number of nitrogens with zero attached hydrogens (tertiary/aromatic N) is 1. The van der Waals surface area contributed by atoms with Crippen molar-refractivity contribution in [3.63, 3.8) is 0 Å². The summed E-state index contributed by atoms with van der Waals surface area (Å²) in [5, 5.41) is 9.57. The summed E-state index contributed by atoms with van der Waals surface area (Å²) in [5.74, 6) is 0.725. The van der Waals surface area contributed by atoms with E-state index in [0.29, 0.717) is 6.04 Å². The van der Waals surface area contributed by atoms with Crippen molar-refractivity contribution in [3.8, 4) is 0 Å². The fourth-order valence-electron chi connectivity index (χ4n) is 2.16. The van der Waals surface area contributed by atoms with Crippen LogP contribution in [0.15, 0.2) is 0 Å². The first-order chi connectivity index (χ1) is 4.99. The maximum atomic E-state index is 7.81. The molecule has 1 saturated heterocycles. The largest absolute Gasteiger partial charge is 0.338 e. The van der Waals surface area contributed by atoms with Crippen LogP contribution in [0.25, 0.3) is 0 Å². The van der Waals surface area contributed by atoms with Crippen LogP contribution in [0.3, 0.4) is 0 Å². The van der Waals surface area contributed by atoms with Gasteiger partial charge in [-0.3, -0.25) is 0 Å². The van der Waals surface area contributed by atoms with Crippen LogP contribution in [-0.2, 0) is 0 Å². The van der Waals surface area contributed by atoms with Crippen molar-refractivity contribution in [3.05, 3.63) is 0 Å². The van der Waals surface area contributed by atoms with E-state index in [0.717, 1.165) is 5.92 Å². The number of rotatable bonds is 1. The van der Waals surface area contributed by atoms with Gasteiger partial charge in [-0.05, 0) is 33.1 Å². The van der Waals surface area contributed by atoms with Gasteiger partial charge in [-0.2, -0.15) is 0 Å². The van der Waals surface area contributed by atoms with Gasteiger partial charge in [0.1, 0.15) is 0 Å². The van der Waals surface area contributed by atoms with Gasteiger partial charge in [0.05, 0.1) is 11.6 Å². The highest BCUT2D eigenvalue weighted by molar-refractivity contribution is 4.92. The zero-order valence-corrected chi connectivity index (χ0v) is 8.02. The van der Waals surface area contributed by atoms with Gasteiger partial charge in [0.2, 0.25) is 0 Å². The van der Waals surface area contributed by atoms with Crippen LogP contribution >= 0.6 is 0 Å². The number of hydroxylamine groups is 2. The van der Waals surface area contributed by atoms with Crippen molar-refractivity contribution in [2.24, 2.45) is 5.92 Å². The molecule has 0 amide bonds. The fourth-order valence-corrected chi connectivity index (χ4v) is 2.16. The van der Waals surface area contributed by atoms with E-state index < -0.39 is 0 Å². The third-order valence-electron chi connectivity index (χ3n) is 3.03. The maximum absolute atomic E-state index is 7.81. The first-order valence-electron chi connectivity index (χ1n) is 4.49. The van der Waals surface area contributed by atoms with Crippen molar-refractivity contribution >= 4 is 0 Å². The molecule has 11 heavy (non-hydrogen) atoms. The van der Waals surface area contributed by atoms with Crippen LogP contribution < -0.4 is 0 Å². The van der Waals surface area contributed by atoms with E-state index in [2.05, 4.69) is 27.7 Å². The van der Waals surface area contributed by atoms with Crippen molar-refractivity contribution in [2.45, 2.75) is 52.1 Å². The SMILES string of the molecule is CCC1CC(C)(C)N([OH2+])C1C. The highest BCUT2D eigenvalue weighted by Gasteiger charge is 2.45. The summed E-state index contributed by atoms with van der Waals surface area (Å²) >= 11 is 0. The first-order valence-corrected chi connectivity index (χ1v) is 4.49. The van der Waals surface area contributed by atoms with Gasteiger partial charge in [-0.1, -0.05) is 18.4 Å². The number of hydrogen-bond acceptors (Lipinski definition) is 1. The molecule has 1 aliphatic rings. The monoisotopic (exact) mass is 158 g/mol. The van der Waals surface area contributed by atoms with Gasteiger partial charge in [0.15, 0.2) is 0 Å². The summed E-state index contributed by atoms with van der Waals surface area (Å²) in [7, 11) is 0. The van der Waals surface area contributed by atoms with Crippen LogP contribution in [0.1, 0.15) is 40.5 Å². The Kier molecular flexibility index (Phi) is 2.26. The molecule has 0 bridgehead atoms. The molecular weight excluding hydrogens is 138 g/mol. The Balaban J connectivity index is 2.69. The van der Waals surface area contributed by atoms with Crippen LogP contribution in [0.4, 0.5) is 0 Å². The Labute approximate surface area is 69.2 Å². The molecular formula is C9H20NO+. The van der Waals surface area contributed by atoms with Crippen molar-refractivity contribution < 1.29 is 5.21 Å². The average molecular weight is 158 g/mol. The molecule has 0 aromatic carbocycles. The summed E-state index contributed by atoms with van der Waals surface area (Å²) in [6.45, 7) is 8.70. The molecule has 0 aromatic heterocycles. The zero-order valence-electron chi connectivity index (χ0n) is 8.02. The topological polar surface area (TPSA) is 26.1 Å². The highest BCUT2D eigenvalue weighted by atomic mass is 16.5. The average Bonchev–Trinajstić information content (AvgIpc) is 2.13. The van der Waals surface area contributed by atoms with Gasteiger partial charge in [0, 0.05) is 0 Å². The Hall–Kier alpha value is -0.0800. The molecule has 66 valence electrons. The third kappa shape index (κ3) is 1.42. The zero-order chi connectivity index (χ0) is 8.65. The molecule has 1 heterocycles. The standard InChI is InChI=1S/C9H19NO/c1-5-8-6-9(3,4)10(11)7(8)2/h7-8,11H,5-6H2,1-4H3/p+1. The quantitative estimate of drug-likeness (QED) is 0.531. The molecule has 0 spiro atoms. The predicted molar refractivity (Wildman–Crippen MR) is 47.4 cm³/mol. The van der Waals surface area contributed by atoms with Crippen LogP contribution in [0.2, 0.25) is 0 Å². The molecule has 2 atom stereocenters. The molecule has 1 aliphatic heterocycles. The molecule has 0 radical (unpaired) electrons. The van der Waals surface area contributed by atoms with Gasteiger partial charge in [-0.15, -0.1) is 0 Å². The minimum atomic E-state index is 0.0973. The second kappa shape index (κ2) is 2.76. The predicted octanol–water partition coefficient (Wildman–Crippen LogP) is 1.52. The number of hydrogen-bond donors (Lipinski definition) is 0. The molecule has 2 nitrogen and oxygen atoms in total. The van der Waals surface area contributed by atoms with Crippen LogP contribution in [-0.4, -0.2) is 21.9 Å². The van der Waals surface area contributed by atoms with E-state index in [1.807, 2.05) is 0 Å². The molecule has 2 N–H and O–H groups in total. The molecule has 0 aliphatic carbocycles. The smallest absolute Gasteiger partial charge is 0.0835 e. The van der Waals surface area contributed by atoms with Crippen LogP contribution in [0, 0.1) is 5.92 Å². The second-order valence-corrected chi connectivity index (χ2v) is 4.30. The van der Waals surface area contributed by atoms with Gasteiger partial charge in [0.25, 0.3) is 0 Å². The maximum Gasteiger partial charge on any atom is 0.0835 e. The summed E-state index contributed by atoms with van der Waals surface area (Å²) in [6.07, 6.45) is 2.38. The minimum Gasteiger partial charge on any atom is -0.338 e. The van der Waals surface area contributed by atoms with E-state index in [1.54, 1.807) is 5.06 Å². The van der Waals surface area contributed by atoms with Gasteiger partial charge >= 0.3 is 0 Å². The lowest BCUT2D eigenvalue weighted by atomic mass is 9.93. The van der Waals surface area contributed by atoms with E-state index in [9.17, 15) is 0 Å². The van der Waals surface area contributed by atoms with E-state index >= 15 is 0 Å².